The first-order valence-corrected chi connectivity index (χ1v) is 9.81. The van der Waals surface area contributed by atoms with Crippen molar-refractivity contribution in [3.05, 3.63) is 83.2 Å². The van der Waals surface area contributed by atoms with Crippen LogP contribution in [0, 0.1) is 6.92 Å². The first kappa shape index (κ1) is 19.8. The molecule has 5 nitrogen and oxygen atoms in total. The summed E-state index contributed by atoms with van der Waals surface area (Å²) in [5, 5.41) is 7.51. The summed E-state index contributed by atoms with van der Waals surface area (Å²) in [6, 6.07) is 19.9. The van der Waals surface area contributed by atoms with E-state index in [1.165, 1.54) is 5.56 Å². The van der Waals surface area contributed by atoms with Gasteiger partial charge in [0.25, 0.3) is 5.91 Å². The lowest BCUT2D eigenvalue weighted by atomic mass is 10.1. The molecule has 3 aromatic rings. The number of nitrogens with one attached hydrogen (secondary N) is 1. The van der Waals surface area contributed by atoms with Crippen LogP contribution in [0.1, 0.15) is 41.2 Å². The van der Waals surface area contributed by atoms with Crippen LogP contribution in [0.15, 0.2) is 60.7 Å². The van der Waals surface area contributed by atoms with Crippen LogP contribution in [0.3, 0.4) is 0 Å². The monoisotopic (exact) mass is 376 g/mol. The Morgan fingerprint density at radius 1 is 1.00 bits per heavy atom. The summed E-state index contributed by atoms with van der Waals surface area (Å²) in [7, 11) is 0. The fourth-order valence-electron chi connectivity index (χ4n) is 3.25. The Bertz CT molecular complexity index is 913. The highest BCUT2D eigenvalue weighted by Crippen LogP contribution is 2.14. The fraction of sp³-hybridized carbons (Fsp3) is 0.304. The lowest BCUT2D eigenvalue weighted by molar-refractivity contribution is 0.0945. The molecule has 1 amide bonds. The normalized spacial score (nSPS) is 11.0. The zero-order chi connectivity index (χ0) is 19.9. The third kappa shape index (κ3) is 4.67. The Hall–Kier alpha value is -2.92. The number of rotatable bonds is 8. The average Bonchev–Trinajstić information content (AvgIpc) is 3.13. The van der Waals surface area contributed by atoms with E-state index in [-0.39, 0.29) is 5.91 Å². The molecule has 0 fully saturated rings. The minimum absolute atomic E-state index is 0.157. The lowest BCUT2D eigenvalue weighted by Crippen LogP contribution is -2.26. The van der Waals surface area contributed by atoms with E-state index in [2.05, 4.69) is 47.4 Å². The predicted octanol–water partition coefficient (Wildman–Crippen LogP) is 3.95. The summed E-state index contributed by atoms with van der Waals surface area (Å²) in [5.74, 6) is -0.157. The Balaban J connectivity index is 1.70. The molecule has 0 radical (unpaired) electrons. The molecular formula is C23H28N4O. The van der Waals surface area contributed by atoms with Crippen LogP contribution in [0.2, 0.25) is 0 Å². The van der Waals surface area contributed by atoms with Crippen molar-refractivity contribution >= 4 is 5.91 Å². The standard InChI is InChI=1S/C23H28N4O/c1-4-26(5-2)17-20-12-10-9-11-19(20)16-24-23(28)22-15-18(3)27(25-22)21-13-7-6-8-14-21/h6-15H,4-5,16-17H2,1-3H3,(H,24,28). The zero-order valence-corrected chi connectivity index (χ0v) is 16.9. The summed E-state index contributed by atoms with van der Waals surface area (Å²) in [6.07, 6.45) is 0. The predicted molar refractivity (Wildman–Crippen MR) is 113 cm³/mol. The van der Waals surface area contributed by atoms with Crippen molar-refractivity contribution in [2.24, 2.45) is 0 Å². The average molecular weight is 377 g/mol. The molecule has 0 saturated heterocycles. The Morgan fingerprint density at radius 2 is 1.64 bits per heavy atom. The number of benzene rings is 2. The first-order valence-electron chi connectivity index (χ1n) is 9.81. The van der Waals surface area contributed by atoms with Crippen LogP contribution in [0.5, 0.6) is 0 Å². The maximum Gasteiger partial charge on any atom is 0.272 e. The van der Waals surface area contributed by atoms with Gasteiger partial charge in [0, 0.05) is 18.8 Å². The minimum atomic E-state index is -0.157. The van der Waals surface area contributed by atoms with Crippen molar-refractivity contribution in [2.75, 3.05) is 13.1 Å². The van der Waals surface area contributed by atoms with Crippen molar-refractivity contribution in [3.63, 3.8) is 0 Å². The third-order valence-electron chi connectivity index (χ3n) is 4.97. The summed E-state index contributed by atoms with van der Waals surface area (Å²) in [6.45, 7) is 9.68. The summed E-state index contributed by atoms with van der Waals surface area (Å²) in [5.41, 5.74) is 4.70. The van der Waals surface area contributed by atoms with Crippen LogP contribution < -0.4 is 5.32 Å². The van der Waals surface area contributed by atoms with Crippen molar-refractivity contribution in [3.8, 4) is 5.69 Å². The van der Waals surface area contributed by atoms with Gasteiger partial charge in [-0.25, -0.2) is 4.68 Å². The number of carbonyl (C=O) groups is 1. The van der Waals surface area contributed by atoms with Gasteiger partial charge < -0.3 is 5.32 Å². The van der Waals surface area contributed by atoms with Gasteiger partial charge in [-0.05, 0) is 49.3 Å². The van der Waals surface area contributed by atoms with Gasteiger partial charge in [-0.1, -0.05) is 56.3 Å². The number of aryl methyl sites for hydroxylation is 1. The molecule has 0 unspecified atom stereocenters. The molecule has 0 atom stereocenters. The zero-order valence-electron chi connectivity index (χ0n) is 16.9. The van der Waals surface area contributed by atoms with Gasteiger partial charge in [0.2, 0.25) is 0 Å². The van der Waals surface area contributed by atoms with Gasteiger partial charge in [0.05, 0.1) is 5.69 Å². The summed E-state index contributed by atoms with van der Waals surface area (Å²) in [4.78, 5) is 15.0. The third-order valence-corrected chi connectivity index (χ3v) is 4.97. The second kappa shape index (κ2) is 9.33. The maximum absolute atomic E-state index is 12.7. The van der Waals surface area contributed by atoms with Crippen molar-refractivity contribution < 1.29 is 4.79 Å². The Morgan fingerprint density at radius 3 is 2.32 bits per heavy atom. The van der Waals surface area contributed by atoms with Gasteiger partial charge in [-0.2, -0.15) is 5.10 Å². The van der Waals surface area contributed by atoms with E-state index in [1.807, 2.05) is 49.4 Å². The molecule has 1 aromatic heterocycles. The maximum atomic E-state index is 12.7. The van der Waals surface area contributed by atoms with E-state index in [9.17, 15) is 4.79 Å². The van der Waals surface area contributed by atoms with Crippen LogP contribution >= 0.6 is 0 Å². The van der Waals surface area contributed by atoms with E-state index in [1.54, 1.807) is 4.68 Å². The minimum Gasteiger partial charge on any atom is -0.347 e. The van der Waals surface area contributed by atoms with E-state index < -0.39 is 0 Å². The number of amides is 1. The fourth-order valence-corrected chi connectivity index (χ4v) is 3.25. The summed E-state index contributed by atoms with van der Waals surface area (Å²) >= 11 is 0. The largest absolute Gasteiger partial charge is 0.347 e. The molecular weight excluding hydrogens is 348 g/mol. The molecule has 1 heterocycles. The van der Waals surface area contributed by atoms with E-state index in [0.717, 1.165) is 36.6 Å². The molecule has 28 heavy (non-hydrogen) atoms. The molecule has 0 spiro atoms. The van der Waals surface area contributed by atoms with Gasteiger partial charge in [-0.15, -0.1) is 0 Å². The van der Waals surface area contributed by atoms with Crippen molar-refractivity contribution in [1.82, 2.24) is 20.0 Å². The second-order valence-corrected chi connectivity index (χ2v) is 6.83. The topological polar surface area (TPSA) is 50.2 Å². The molecule has 2 aromatic carbocycles. The molecule has 0 aliphatic rings. The molecule has 0 saturated carbocycles. The van der Waals surface area contributed by atoms with Crippen LogP contribution in [0.4, 0.5) is 0 Å². The smallest absolute Gasteiger partial charge is 0.272 e. The van der Waals surface area contributed by atoms with Gasteiger partial charge in [0.1, 0.15) is 0 Å². The molecule has 0 bridgehead atoms. The second-order valence-electron chi connectivity index (χ2n) is 6.83. The molecule has 5 heteroatoms. The van der Waals surface area contributed by atoms with E-state index in [4.69, 9.17) is 0 Å². The molecule has 0 aliphatic carbocycles. The number of nitrogens with zero attached hydrogens (tertiary/aromatic N) is 3. The van der Waals surface area contributed by atoms with Crippen LogP contribution in [0.25, 0.3) is 5.69 Å². The van der Waals surface area contributed by atoms with Crippen molar-refractivity contribution in [2.45, 2.75) is 33.9 Å². The highest BCUT2D eigenvalue weighted by Gasteiger charge is 2.14. The van der Waals surface area contributed by atoms with E-state index in [0.29, 0.717) is 12.2 Å². The van der Waals surface area contributed by atoms with Crippen LogP contribution in [-0.4, -0.2) is 33.7 Å². The molecule has 1 N–H and O–H groups in total. The number of hydrogen-bond acceptors (Lipinski definition) is 3. The van der Waals surface area contributed by atoms with E-state index >= 15 is 0 Å². The SMILES string of the molecule is CCN(CC)Cc1ccccc1CNC(=O)c1cc(C)n(-c2ccccc2)n1. The molecule has 3 rings (SSSR count). The number of aromatic nitrogens is 2. The highest BCUT2D eigenvalue weighted by molar-refractivity contribution is 5.92. The van der Waals surface area contributed by atoms with Gasteiger partial charge in [0.15, 0.2) is 5.69 Å². The van der Waals surface area contributed by atoms with Crippen molar-refractivity contribution in [1.29, 1.82) is 0 Å². The first-order chi connectivity index (χ1) is 13.6. The number of para-hydroxylation sites is 1. The number of carbonyl (C=O) groups excluding carboxylic acids is 1. The van der Waals surface area contributed by atoms with Gasteiger partial charge in [-0.3, -0.25) is 9.69 Å². The molecule has 0 aliphatic heterocycles. The molecule has 146 valence electrons. The quantitative estimate of drug-likeness (QED) is 0.648. The number of hydrogen-bond donors (Lipinski definition) is 1. The van der Waals surface area contributed by atoms with Gasteiger partial charge >= 0.3 is 0 Å². The lowest BCUT2D eigenvalue weighted by Gasteiger charge is -2.20. The summed E-state index contributed by atoms with van der Waals surface area (Å²) < 4.78 is 1.79. The van der Waals surface area contributed by atoms with Crippen LogP contribution in [-0.2, 0) is 13.1 Å². The highest BCUT2D eigenvalue weighted by atomic mass is 16.1. The Labute approximate surface area is 167 Å². The Kier molecular flexibility index (Phi) is 6.61.